The Kier molecular flexibility index (Phi) is 4.33. The average molecular weight is 362 g/mol. The van der Waals surface area contributed by atoms with Crippen molar-refractivity contribution in [3.63, 3.8) is 0 Å². The van der Waals surface area contributed by atoms with Gasteiger partial charge >= 0.3 is 0 Å². The Morgan fingerprint density at radius 3 is 2.74 bits per heavy atom. The number of nitrogens with zero attached hydrogens (tertiary/aromatic N) is 2. The molecule has 4 rings (SSSR count). The predicted octanol–water partition coefficient (Wildman–Crippen LogP) is 3.77. The Morgan fingerprint density at radius 1 is 1.19 bits per heavy atom. The first-order chi connectivity index (χ1) is 13.2. The van der Waals surface area contributed by atoms with Crippen LogP contribution in [0, 0.1) is 0 Å². The van der Waals surface area contributed by atoms with Gasteiger partial charge in [0.1, 0.15) is 11.3 Å². The number of methoxy groups -OCH3 is 1. The number of pyridine rings is 2. The number of aromatic amines is 1. The first kappa shape index (κ1) is 16.8. The van der Waals surface area contributed by atoms with Crippen LogP contribution in [0.5, 0.6) is 11.6 Å². The van der Waals surface area contributed by atoms with Crippen molar-refractivity contribution in [3.8, 4) is 11.6 Å². The maximum absolute atomic E-state index is 12.9. The molecular formula is C20H18N4O3. The third-order valence-electron chi connectivity index (χ3n) is 4.21. The molecule has 7 heteroatoms. The van der Waals surface area contributed by atoms with Gasteiger partial charge in [-0.1, -0.05) is 0 Å². The second-order valence-corrected chi connectivity index (χ2v) is 5.88. The van der Waals surface area contributed by atoms with E-state index in [2.05, 4.69) is 20.3 Å². The predicted molar refractivity (Wildman–Crippen MR) is 104 cm³/mol. The van der Waals surface area contributed by atoms with Gasteiger partial charge in [-0.05, 0) is 37.3 Å². The minimum absolute atomic E-state index is 0.234. The van der Waals surface area contributed by atoms with Crippen molar-refractivity contribution in [2.24, 2.45) is 0 Å². The molecule has 27 heavy (non-hydrogen) atoms. The van der Waals surface area contributed by atoms with Gasteiger partial charge in [0.2, 0.25) is 5.88 Å². The van der Waals surface area contributed by atoms with Gasteiger partial charge in [-0.25, -0.2) is 4.98 Å². The van der Waals surface area contributed by atoms with Crippen LogP contribution in [0.15, 0.2) is 48.8 Å². The summed E-state index contributed by atoms with van der Waals surface area (Å²) in [7, 11) is 1.55. The first-order valence-corrected chi connectivity index (χ1v) is 8.54. The minimum Gasteiger partial charge on any atom is -0.494 e. The third kappa shape index (κ3) is 3.15. The molecule has 1 aromatic carbocycles. The number of nitrogens with one attached hydrogen (secondary N) is 2. The molecule has 0 aliphatic rings. The number of carbonyl (C=O) groups excluding carboxylic acids is 1. The largest absolute Gasteiger partial charge is 0.494 e. The molecule has 0 fully saturated rings. The lowest BCUT2D eigenvalue weighted by Crippen LogP contribution is -2.11. The Labute approximate surface area is 155 Å². The number of ether oxygens (including phenoxy) is 2. The number of carbonyl (C=O) groups is 1. The molecule has 7 nitrogen and oxygen atoms in total. The van der Waals surface area contributed by atoms with Gasteiger partial charge in [0.05, 0.1) is 36.5 Å². The molecule has 0 saturated carbocycles. The molecule has 0 unspecified atom stereocenters. The van der Waals surface area contributed by atoms with E-state index in [9.17, 15) is 4.79 Å². The molecule has 0 aliphatic heterocycles. The van der Waals surface area contributed by atoms with Crippen molar-refractivity contribution in [2.75, 3.05) is 19.0 Å². The lowest BCUT2D eigenvalue weighted by atomic mass is 10.1. The van der Waals surface area contributed by atoms with Gasteiger partial charge in [-0.15, -0.1) is 0 Å². The summed E-state index contributed by atoms with van der Waals surface area (Å²) < 4.78 is 10.6. The van der Waals surface area contributed by atoms with Gasteiger partial charge in [0.15, 0.2) is 0 Å². The molecule has 0 bridgehead atoms. The summed E-state index contributed by atoms with van der Waals surface area (Å²) in [5.74, 6) is 0.995. The Bertz CT molecular complexity index is 1120. The number of anilines is 1. The quantitative estimate of drug-likeness (QED) is 0.564. The van der Waals surface area contributed by atoms with Gasteiger partial charge in [-0.2, -0.15) is 0 Å². The average Bonchev–Trinajstić information content (AvgIpc) is 3.14. The molecule has 2 N–H and O–H groups in total. The fourth-order valence-electron chi connectivity index (χ4n) is 2.94. The third-order valence-corrected chi connectivity index (χ3v) is 4.21. The molecule has 4 aromatic rings. The molecule has 3 aromatic heterocycles. The van der Waals surface area contributed by atoms with Crippen molar-refractivity contribution in [1.82, 2.24) is 15.0 Å². The number of hydrogen-bond acceptors (Lipinski definition) is 5. The lowest BCUT2D eigenvalue weighted by molar-refractivity contribution is 0.102. The van der Waals surface area contributed by atoms with E-state index in [1.807, 2.05) is 25.1 Å². The van der Waals surface area contributed by atoms with Crippen LogP contribution in [0.2, 0.25) is 0 Å². The standard InChI is InChI=1S/C20H18N4O3/c1-3-27-13-6-4-12(5-7-13)23-20(25)14-10-21-16-11-22-15-8-9-17(26-2)24-19(15)18(14)16/h4-11,21H,3H2,1-2H3,(H,23,25). The number of aromatic nitrogens is 3. The molecule has 0 saturated heterocycles. The monoisotopic (exact) mass is 362 g/mol. The van der Waals surface area contributed by atoms with E-state index in [1.54, 1.807) is 37.7 Å². The molecular weight excluding hydrogens is 344 g/mol. The second kappa shape index (κ2) is 6.95. The molecule has 3 heterocycles. The van der Waals surface area contributed by atoms with Crippen molar-refractivity contribution in [1.29, 1.82) is 0 Å². The maximum atomic E-state index is 12.9. The highest BCUT2D eigenvalue weighted by atomic mass is 16.5. The van der Waals surface area contributed by atoms with Crippen molar-refractivity contribution in [3.05, 3.63) is 54.4 Å². The smallest absolute Gasteiger partial charge is 0.257 e. The minimum atomic E-state index is -0.234. The Morgan fingerprint density at radius 2 is 2.00 bits per heavy atom. The zero-order valence-electron chi connectivity index (χ0n) is 14.9. The summed E-state index contributed by atoms with van der Waals surface area (Å²) in [4.78, 5) is 24.8. The summed E-state index contributed by atoms with van der Waals surface area (Å²) in [5.41, 5.74) is 3.22. The summed E-state index contributed by atoms with van der Waals surface area (Å²) in [6.07, 6.45) is 3.36. The molecule has 0 spiro atoms. The fraction of sp³-hybridized carbons (Fsp3) is 0.150. The van der Waals surface area contributed by atoms with Crippen LogP contribution in [0.1, 0.15) is 17.3 Å². The number of amides is 1. The highest BCUT2D eigenvalue weighted by molar-refractivity contribution is 6.18. The summed E-state index contributed by atoms with van der Waals surface area (Å²) in [6.45, 7) is 2.52. The molecule has 136 valence electrons. The first-order valence-electron chi connectivity index (χ1n) is 8.54. The van der Waals surface area contributed by atoms with E-state index in [0.29, 0.717) is 40.2 Å². The van der Waals surface area contributed by atoms with Gasteiger partial charge in [0, 0.05) is 23.3 Å². The summed E-state index contributed by atoms with van der Waals surface area (Å²) >= 11 is 0. The van der Waals surface area contributed by atoms with E-state index in [1.165, 1.54) is 0 Å². The number of rotatable bonds is 5. The number of fused-ring (bicyclic) bond motifs is 3. The Hall–Kier alpha value is -3.61. The van der Waals surface area contributed by atoms with Crippen LogP contribution >= 0.6 is 0 Å². The maximum Gasteiger partial charge on any atom is 0.257 e. The van der Waals surface area contributed by atoms with Crippen LogP contribution in [0.4, 0.5) is 5.69 Å². The van der Waals surface area contributed by atoms with Gasteiger partial charge < -0.3 is 19.8 Å². The van der Waals surface area contributed by atoms with Crippen LogP contribution in [0.25, 0.3) is 21.9 Å². The van der Waals surface area contributed by atoms with Crippen LogP contribution < -0.4 is 14.8 Å². The number of hydrogen-bond donors (Lipinski definition) is 2. The Balaban J connectivity index is 1.72. The number of H-pyrrole nitrogens is 1. The van der Waals surface area contributed by atoms with Crippen LogP contribution in [0.3, 0.4) is 0 Å². The molecule has 1 amide bonds. The summed E-state index contributed by atoms with van der Waals surface area (Å²) in [5, 5.41) is 3.62. The topological polar surface area (TPSA) is 89.1 Å². The molecule has 0 aliphatic carbocycles. The summed E-state index contributed by atoms with van der Waals surface area (Å²) in [6, 6.07) is 10.8. The second-order valence-electron chi connectivity index (χ2n) is 5.88. The van der Waals surface area contributed by atoms with Gasteiger partial charge in [0.25, 0.3) is 5.91 Å². The van der Waals surface area contributed by atoms with E-state index < -0.39 is 0 Å². The van der Waals surface area contributed by atoms with E-state index in [0.717, 1.165) is 11.3 Å². The van der Waals surface area contributed by atoms with E-state index in [4.69, 9.17) is 9.47 Å². The molecule has 0 atom stereocenters. The highest BCUT2D eigenvalue weighted by Crippen LogP contribution is 2.27. The van der Waals surface area contributed by atoms with E-state index >= 15 is 0 Å². The number of benzene rings is 1. The fourth-order valence-corrected chi connectivity index (χ4v) is 2.94. The molecule has 0 radical (unpaired) electrons. The normalized spacial score (nSPS) is 10.9. The van der Waals surface area contributed by atoms with Crippen molar-refractivity contribution < 1.29 is 14.3 Å². The lowest BCUT2D eigenvalue weighted by Gasteiger charge is -2.07. The SMILES string of the molecule is CCOc1ccc(NC(=O)c2c[nH]c3cnc4ccc(OC)nc4c23)cc1. The van der Waals surface area contributed by atoms with Crippen molar-refractivity contribution in [2.45, 2.75) is 6.92 Å². The van der Waals surface area contributed by atoms with Crippen LogP contribution in [-0.4, -0.2) is 34.6 Å². The zero-order valence-corrected chi connectivity index (χ0v) is 14.9. The van der Waals surface area contributed by atoms with Crippen molar-refractivity contribution >= 4 is 33.5 Å². The highest BCUT2D eigenvalue weighted by Gasteiger charge is 2.17. The van der Waals surface area contributed by atoms with Crippen LogP contribution in [-0.2, 0) is 0 Å². The van der Waals surface area contributed by atoms with E-state index in [-0.39, 0.29) is 5.91 Å². The van der Waals surface area contributed by atoms with Gasteiger partial charge in [-0.3, -0.25) is 9.78 Å². The zero-order chi connectivity index (χ0) is 18.8.